The third-order valence-electron chi connectivity index (χ3n) is 4.73. The summed E-state index contributed by atoms with van der Waals surface area (Å²) in [6.07, 6.45) is 6.60. The molecule has 0 radical (unpaired) electrons. The molecule has 7 nitrogen and oxygen atoms in total. The molecule has 0 spiro atoms. The predicted molar refractivity (Wildman–Crippen MR) is 110 cm³/mol. The number of pyridine rings is 1. The Kier molecular flexibility index (Phi) is 8.89. The summed E-state index contributed by atoms with van der Waals surface area (Å²) in [6, 6.07) is 3.35. The van der Waals surface area contributed by atoms with Crippen LogP contribution in [0.3, 0.4) is 0 Å². The van der Waals surface area contributed by atoms with Crippen LogP contribution in [-0.4, -0.2) is 47.0 Å². The van der Waals surface area contributed by atoms with Crippen molar-refractivity contribution in [1.29, 1.82) is 0 Å². The molecule has 0 fully saturated rings. The van der Waals surface area contributed by atoms with Crippen molar-refractivity contribution < 1.29 is 24.2 Å². The number of hydrogen-bond donors (Lipinski definition) is 2. The molecule has 0 saturated heterocycles. The van der Waals surface area contributed by atoms with E-state index in [-0.39, 0.29) is 0 Å². The van der Waals surface area contributed by atoms with E-state index in [2.05, 4.69) is 17.4 Å². The Morgan fingerprint density at radius 2 is 1.90 bits per heavy atom. The summed E-state index contributed by atoms with van der Waals surface area (Å²) in [5.41, 5.74) is 3.10. The Morgan fingerprint density at radius 3 is 2.62 bits per heavy atom. The summed E-state index contributed by atoms with van der Waals surface area (Å²) in [6.45, 7) is 6.26. The van der Waals surface area contributed by atoms with Gasteiger partial charge in [0.15, 0.2) is 0 Å². The van der Waals surface area contributed by atoms with Crippen LogP contribution in [0.1, 0.15) is 69.8 Å². The minimum Gasteiger partial charge on any atom is -0.480 e. The number of fused-ring (bicyclic) bond motifs is 1. The molecule has 1 aromatic rings. The Hall–Kier alpha value is -2.15. The highest BCUT2D eigenvalue weighted by Crippen LogP contribution is 2.20. The number of nitrogens with zero attached hydrogens (tertiary/aromatic N) is 1. The number of hydrogen-bond acceptors (Lipinski definition) is 5. The molecule has 162 valence electrons. The van der Waals surface area contributed by atoms with Crippen LogP contribution in [0, 0.1) is 0 Å². The van der Waals surface area contributed by atoms with Gasteiger partial charge in [-0.2, -0.15) is 0 Å². The van der Waals surface area contributed by atoms with Gasteiger partial charge in [-0.3, -0.25) is 4.98 Å². The number of carboxylic acids is 1. The van der Waals surface area contributed by atoms with Crippen molar-refractivity contribution >= 4 is 12.1 Å². The second-order valence-electron chi connectivity index (χ2n) is 8.51. The van der Waals surface area contributed by atoms with Crippen LogP contribution in [0.25, 0.3) is 0 Å². The number of ether oxygens (including phenoxy) is 2. The number of rotatable bonds is 10. The molecule has 7 heteroatoms. The normalized spacial score (nSPS) is 14.7. The maximum atomic E-state index is 11.7. The lowest BCUT2D eigenvalue weighted by Crippen LogP contribution is -2.43. The third kappa shape index (κ3) is 8.81. The highest BCUT2D eigenvalue weighted by atomic mass is 16.6. The van der Waals surface area contributed by atoms with E-state index in [0.717, 1.165) is 31.4 Å². The van der Waals surface area contributed by atoms with Crippen LogP contribution in [0.2, 0.25) is 0 Å². The van der Waals surface area contributed by atoms with Gasteiger partial charge in [0.1, 0.15) is 11.6 Å². The molecule has 1 aliphatic carbocycles. The van der Waals surface area contributed by atoms with Gasteiger partial charge in [0.2, 0.25) is 0 Å². The average Bonchev–Trinajstić information content (AvgIpc) is 2.64. The van der Waals surface area contributed by atoms with E-state index in [9.17, 15) is 14.7 Å². The van der Waals surface area contributed by atoms with Crippen LogP contribution in [0.5, 0.6) is 0 Å². The summed E-state index contributed by atoms with van der Waals surface area (Å²) in [4.78, 5) is 27.8. The Labute approximate surface area is 173 Å². The second-order valence-corrected chi connectivity index (χ2v) is 8.51. The number of aryl methyl sites for hydroxylation is 3. The Bertz CT molecular complexity index is 684. The van der Waals surface area contributed by atoms with Crippen molar-refractivity contribution in [3.63, 3.8) is 0 Å². The quantitative estimate of drug-likeness (QED) is 0.576. The fraction of sp³-hybridized carbons (Fsp3) is 0.682. The molecule has 2 rings (SSSR count). The summed E-state index contributed by atoms with van der Waals surface area (Å²) in [7, 11) is 0. The predicted octanol–water partition coefficient (Wildman–Crippen LogP) is 3.67. The molecular weight excluding hydrogens is 372 g/mol. The van der Waals surface area contributed by atoms with Crippen molar-refractivity contribution in [2.24, 2.45) is 0 Å². The Morgan fingerprint density at radius 1 is 1.17 bits per heavy atom. The van der Waals surface area contributed by atoms with Crippen molar-refractivity contribution in [1.82, 2.24) is 10.3 Å². The summed E-state index contributed by atoms with van der Waals surface area (Å²) in [5.74, 6) is -1.07. The zero-order chi connectivity index (χ0) is 21.3. The van der Waals surface area contributed by atoms with E-state index < -0.39 is 23.7 Å². The van der Waals surface area contributed by atoms with E-state index in [1.165, 1.54) is 24.1 Å². The average molecular weight is 407 g/mol. The number of alkyl carbamates (subject to hydrolysis) is 1. The number of aliphatic carboxylic acids is 1. The molecule has 1 aromatic heterocycles. The molecule has 0 saturated carbocycles. The number of nitrogens with one attached hydrogen (secondary N) is 1. The van der Waals surface area contributed by atoms with Gasteiger partial charge in [0.25, 0.3) is 0 Å². The summed E-state index contributed by atoms with van der Waals surface area (Å²) >= 11 is 0. The first-order valence-electron chi connectivity index (χ1n) is 10.5. The molecule has 1 amide bonds. The second kappa shape index (κ2) is 11.1. The first kappa shape index (κ1) is 23.1. The van der Waals surface area contributed by atoms with Gasteiger partial charge in [0, 0.05) is 24.6 Å². The van der Waals surface area contributed by atoms with Gasteiger partial charge in [-0.15, -0.1) is 0 Å². The molecule has 0 aromatic carbocycles. The third-order valence-corrected chi connectivity index (χ3v) is 4.73. The molecule has 2 N–H and O–H groups in total. The van der Waals surface area contributed by atoms with Gasteiger partial charge in [0.05, 0.1) is 0 Å². The van der Waals surface area contributed by atoms with Crippen molar-refractivity contribution in [2.75, 3.05) is 13.2 Å². The number of carbonyl (C=O) groups is 2. The lowest BCUT2D eigenvalue weighted by molar-refractivity contribution is -0.139. The van der Waals surface area contributed by atoms with E-state index in [4.69, 9.17) is 14.5 Å². The van der Waals surface area contributed by atoms with E-state index in [0.29, 0.717) is 26.1 Å². The van der Waals surface area contributed by atoms with Crippen LogP contribution < -0.4 is 5.32 Å². The van der Waals surface area contributed by atoms with Gasteiger partial charge in [-0.1, -0.05) is 6.07 Å². The van der Waals surface area contributed by atoms with Crippen molar-refractivity contribution in [2.45, 2.75) is 83.8 Å². The Balaban J connectivity index is 1.60. The van der Waals surface area contributed by atoms with E-state index in [1.54, 1.807) is 20.8 Å². The first-order chi connectivity index (χ1) is 13.7. The zero-order valence-electron chi connectivity index (χ0n) is 17.8. The minimum absolute atomic E-state index is 0.293. The van der Waals surface area contributed by atoms with E-state index >= 15 is 0 Å². The maximum absolute atomic E-state index is 11.7. The first-order valence-corrected chi connectivity index (χ1v) is 10.5. The molecule has 1 atom stereocenters. The number of carboxylic acid groups (broad SMARTS) is 1. The lowest BCUT2D eigenvalue weighted by Gasteiger charge is -2.22. The summed E-state index contributed by atoms with van der Waals surface area (Å²) in [5, 5.41) is 11.7. The highest BCUT2D eigenvalue weighted by molar-refractivity contribution is 5.79. The highest BCUT2D eigenvalue weighted by Gasteiger charge is 2.23. The standard InChI is InChI=1S/C22H34N2O5/c1-22(2,3)29-21(27)24-19(20(25)26)11-7-15-28-14-6-9-17-13-12-16-8-4-5-10-18(16)23-17/h12-13,19H,4-11,14-15H2,1-3H3,(H,24,27)(H,25,26)/t19-/m0/s1. The molecule has 1 heterocycles. The van der Waals surface area contributed by atoms with Crippen molar-refractivity contribution in [3.8, 4) is 0 Å². The smallest absolute Gasteiger partial charge is 0.408 e. The summed E-state index contributed by atoms with van der Waals surface area (Å²) < 4.78 is 10.7. The molecule has 0 aliphatic heterocycles. The molecule has 0 unspecified atom stereocenters. The lowest BCUT2D eigenvalue weighted by atomic mass is 9.95. The monoisotopic (exact) mass is 406 g/mol. The van der Waals surface area contributed by atoms with Gasteiger partial charge < -0.3 is 19.9 Å². The minimum atomic E-state index is -1.07. The van der Waals surface area contributed by atoms with E-state index in [1.807, 2.05) is 0 Å². The van der Waals surface area contributed by atoms with Crippen LogP contribution >= 0.6 is 0 Å². The van der Waals surface area contributed by atoms with Crippen LogP contribution in [0.15, 0.2) is 12.1 Å². The number of carbonyl (C=O) groups excluding carboxylic acids is 1. The van der Waals surface area contributed by atoms with Crippen LogP contribution in [0.4, 0.5) is 4.79 Å². The maximum Gasteiger partial charge on any atom is 0.408 e. The number of amides is 1. The topological polar surface area (TPSA) is 97.8 Å². The zero-order valence-corrected chi connectivity index (χ0v) is 17.8. The SMILES string of the molecule is CC(C)(C)OC(=O)N[C@@H](CCCOCCCc1ccc2c(n1)CCCC2)C(=O)O. The largest absolute Gasteiger partial charge is 0.480 e. The number of aromatic nitrogens is 1. The van der Waals surface area contributed by atoms with Gasteiger partial charge in [-0.05, 0) is 83.8 Å². The molecule has 29 heavy (non-hydrogen) atoms. The molecule has 0 bridgehead atoms. The van der Waals surface area contributed by atoms with Gasteiger partial charge >= 0.3 is 12.1 Å². The molecule has 1 aliphatic rings. The van der Waals surface area contributed by atoms with Crippen molar-refractivity contribution in [3.05, 3.63) is 29.1 Å². The van der Waals surface area contributed by atoms with Crippen LogP contribution in [-0.2, 0) is 33.5 Å². The molecular formula is C22H34N2O5. The van der Waals surface area contributed by atoms with Gasteiger partial charge in [-0.25, -0.2) is 9.59 Å². The fourth-order valence-corrected chi connectivity index (χ4v) is 3.32. The fourth-order valence-electron chi connectivity index (χ4n) is 3.32.